The highest BCUT2D eigenvalue weighted by molar-refractivity contribution is 5.68. The Hall–Kier alpha value is -0.990. The van der Waals surface area contributed by atoms with E-state index in [4.69, 9.17) is 5.11 Å². The number of oxime groups is 1. The molecular formula is C7H11NO2. The molecule has 0 aromatic carbocycles. The van der Waals surface area contributed by atoms with Crippen LogP contribution in [0.2, 0.25) is 0 Å². The standard InChI is InChI=1S/C7H11NO2/c1-3-7(2)4-6(9)10-8-5-7/h4-5,9H,3H2,1-2H3. The van der Waals surface area contributed by atoms with Gasteiger partial charge in [-0.3, -0.25) is 0 Å². The maximum absolute atomic E-state index is 8.90. The number of aliphatic hydroxyl groups is 1. The fraction of sp³-hybridized carbons (Fsp3) is 0.571. The van der Waals surface area contributed by atoms with E-state index in [1.807, 2.05) is 13.8 Å². The summed E-state index contributed by atoms with van der Waals surface area (Å²) in [5, 5.41) is 12.4. The molecule has 0 aliphatic carbocycles. The van der Waals surface area contributed by atoms with Gasteiger partial charge in [-0.2, -0.15) is 0 Å². The molecule has 1 heterocycles. The van der Waals surface area contributed by atoms with Crippen molar-refractivity contribution in [1.82, 2.24) is 0 Å². The summed E-state index contributed by atoms with van der Waals surface area (Å²) in [6.45, 7) is 4.01. The van der Waals surface area contributed by atoms with Gasteiger partial charge in [0.2, 0.25) is 0 Å². The largest absolute Gasteiger partial charge is 0.480 e. The number of hydrogen-bond acceptors (Lipinski definition) is 3. The average Bonchev–Trinajstić information content (AvgIpc) is 1.88. The van der Waals surface area contributed by atoms with Crippen molar-refractivity contribution in [3.8, 4) is 0 Å². The normalized spacial score (nSPS) is 31.2. The van der Waals surface area contributed by atoms with Crippen molar-refractivity contribution >= 4 is 6.21 Å². The van der Waals surface area contributed by atoms with Gasteiger partial charge in [0.05, 0.1) is 6.21 Å². The molecule has 0 radical (unpaired) electrons. The van der Waals surface area contributed by atoms with Gasteiger partial charge in [0.1, 0.15) is 0 Å². The van der Waals surface area contributed by atoms with Gasteiger partial charge in [-0.05, 0) is 6.42 Å². The topological polar surface area (TPSA) is 41.8 Å². The minimum Gasteiger partial charge on any atom is -0.480 e. The van der Waals surface area contributed by atoms with Crippen LogP contribution in [0.5, 0.6) is 0 Å². The van der Waals surface area contributed by atoms with E-state index in [2.05, 4.69) is 9.99 Å². The van der Waals surface area contributed by atoms with Crippen molar-refractivity contribution < 1.29 is 9.94 Å². The van der Waals surface area contributed by atoms with Gasteiger partial charge in [0.25, 0.3) is 0 Å². The van der Waals surface area contributed by atoms with Crippen LogP contribution in [0.1, 0.15) is 20.3 Å². The molecule has 10 heavy (non-hydrogen) atoms. The fourth-order valence-corrected chi connectivity index (χ4v) is 0.740. The Bertz CT molecular complexity index is 186. The lowest BCUT2D eigenvalue weighted by molar-refractivity contribution is 0.0874. The third-order valence-corrected chi connectivity index (χ3v) is 1.71. The maximum Gasteiger partial charge on any atom is 0.303 e. The molecule has 1 rings (SSSR count). The van der Waals surface area contributed by atoms with Crippen LogP contribution in [0.25, 0.3) is 0 Å². The molecule has 0 saturated carbocycles. The summed E-state index contributed by atoms with van der Waals surface area (Å²) in [4.78, 5) is 4.46. The Morgan fingerprint density at radius 3 is 2.90 bits per heavy atom. The zero-order valence-corrected chi connectivity index (χ0v) is 6.16. The van der Waals surface area contributed by atoms with E-state index in [0.29, 0.717) is 0 Å². The maximum atomic E-state index is 8.90. The van der Waals surface area contributed by atoms with Crippen LogP contribution in [-0.4, -0.2) is 11.3 Å². The number of nitrogens with zero attached hydrogens (tertiary/aromatic N) is 1. The second-order valence-electron chi connectivity index (χ2n) is 2.67. The Balaban J connectivity index is 2.78. The quantitative estimate of drug-likeness (QED) is 0.605. The van der Waals surface area contributed by atoms with Crippen LogP contribution >= 0.6 is 0 Å². The van der Waals surface area contributed by atoms with Crippen molar-refractivity contribution in [2.24, 2.45) is 10.6 Å². The molecular weight excluding hydrogens is 130 g/mol. The molecule has 0 fully saturated rings. The highest BCUT2D eigenvalue weighted by atomic mass is 16.7. The summed E-state index contributed by atoms with van der Waals surface area (Å²) >= 11 is 0. The third kappa shape index (κ3) is 1.29. The molecule has 0 amide bonds. The molecule has 0 bridgehead atoms. The summed E-state index contributed by atoms with van der Waals surface area (Å²) < 4.78 is 0. The second kappa shape index (κ2) is 2.33. The summed E-state index contributed by atoms with van der Waals surface area (Å²) in [5.41, 5.74) is -0.137. The van der Waals surface area contributed by atoms with E-state index in [9.17, 15) is 0 Å². The van der Waals surface area contributed by atoms with Crippen molar-refractivity contribution in [1.29, 1.82) is 0 Å². The van der Waals surface area contributed by atoms with Crippen molar-refractivity contribution in [3.05, 3.63) is 12.0 Å². The molecule has 3 nitrogen and oxygen atoms in total. The van der Waals surface area contributed by atoms with Crippen LogP contribution in [0, 0.1) is 5.41 Å². The zero-order valence-electron chi connectivity index (χ0n) is 6.16. The first-order chi connectivity index (χ1) is 4.66. The van der Waals surface area contributed by atoms with E-state index in [1.165, 1.54) is 0 Å². The molecule has 1 aliphatic rings. The average molecular weight is 141 g/mol. The van der Waals surface area contributed by atoms with Gasteiger partial charge in [-0.1, -0.05) is 19.0 Å². The van der Waals surface area contributed by atoms with Crippen LogP contribution in [-0.2, 0) is 4.84 Å². The van der Waals surface area contributed by atoms with Crippen LogP contribution < -0.4 is 0 Å². The second-order valence-corrected chi connectivity index (χ2v) is 2.67. The molecule has 1 atom stereocenters. The van der Waals surface area contributed by atoms with Crippen LogP contribution in [0.15, 0.2) is 17.2 Å². The number of hydrogen-bond donors (Lipinski definition) is 1. The molecule has 0 aromatic rings. The highest BCUT2D eigenvalue weighted by Gasteiger charge is 2.21. The lowest BCUT2D eigenvalue weighted by atomic mass is 9.89. The minimum absolute atomic E-state index is 0.105. The van der Waals surface area contributed by atoms with E-state index < -0.39 is 0 Å². The van der Waals surface area contributed by atoms with E-state index in [0.717, 1.165) is 6.42 Å². The van der Waals surface area contributed by atoms with Crippen LogP contribution in [0.3, 0.4) is 0 Å². The predicted octanol–water partition coefficient (Wildman–Crippen LogP) is 1.82. The minimum atomic E-state index is -0.137. The van der Waals surface area contributed by atoms with Crippen molar-refractivity contribution in [3.63, 3.8) is 0 Å². The smallest absolute Gasteiger partial charge is 0.303 e. The first-order valence-corrected chi connectivity index (χ1v) is 3.30. The predicted molar refractivity (Wildman–Crippen MR) is 38.7 cm³/mol. The lowest BCUT2D eigenvalue weighted by Gasteiger charge is -2.20. The number of allylic oxidation sites excluding steroid dienone is 1. The fourth-order valence-electron chi connectivity index (χ4n) is 0.740. The van der Waals surface area contributed by atoms with Gasteiger partial charge in [-0.15, -0.1) is 0 Å². The van der Waals surface area contributed by atoms with Gasteiger partial charge in [0, 0.05) is 11.5 Å². The summed E-state index contributed by atoms with van der Waals surface area (Å²) in [5.74, 6) is -0.105. The zero-order chi connectivity index (χ0) is 7.61. The van der Waals surface area contributed by atoms with Crippen molar-refractivity contribution in [2.75, 3.05) is 0 Å². The van der Waals surface area contributed by atoms with Gasteiger partial charge >= 0.3 is 5.95 Å². The van der Waals surface area contributed by atoms with E-state index >= 15 is 0 Å². The van der Waals surface area contributed by atoms with Gasteiger partial charge in [-0.25, -0.2) is 0 Å². The highest BCUT2D eigenvalue weighted by Crippen LogP contribution is 2.24. The molecule has 56 valence electrons. The Morgan fingerprint density at radius 1 is 1.80 bits per heavy atom. The number of rotatable bonds is 1. The molecule has 3 heteroatoms. The molecule has 0 saturated heterocycles. The first-order valence-electron chi connectivity index (χ1n) is 3.30. The SMILES string of the molecule is CCC1(C)C=NOC(O)=C1. The van der Waals surface area contributed by atoms with E-state index in [1.54, 1.807) is 12.3 Å². The van der Waals surface area contributed by atoms with Crippen molar-refractivity contribution in [2.45, 2.75) is 20.3 Å². The monoisotopic (exact) mass is 141 g/mol. The van der Waals surface area contributed by atoms with Gasteiger partial charge < -0.3 is 9.94 Å². The Morgan fingerprint density at radius 2 is 2.50 bits per heavy atom. The number of aliphatic hydroxyl groups excluding tert-OH is 1. The molecule has 1 aliphatic heterocycles. The molecule has 1 unspecified atom stereocenters. The van der Waals surface area contributed by atoms with Gasteiger partial charge in [0.15, 0.2) is 0 Å². The summed E-state index contributed by atoms with van der Waals surface area (Å²) in [7, 11) is 0. The molecule has 0 spiro atoms. The Kier molecular flexibility index (Phi) is 1.66. The van der Waals surface area contributed by atoms with E-state index in [-0.39, 0.29) is 11.4 Å². The lowest BCUT2D eigenvalue weighted by Crippen LogP contribution is -2.17. The molecule has 0 aromatic heterocycles. The summed E-state index contributed by atoms with van der Waals surface area (Å²) in [6, 6.07) is 0. The van der Waals surface area contributed by atoms with Crippen LogP contribution in [0.4, 0.5) is 0 Å². The first kappa shape index (κ1) is 7.12. The Labute approximate surface area is 60.0 Å². The summed E-state index contributed by atoms with van der Waals surface area (Å²) in [6.07, 6.45) is 4.25. The molecule has 1 N–H and O–H groups in total. The third-order valence-electron chi connectivity index (χ3n) is 1.71.